The average molecular weight is 356 g/mol. The fourth-order valence-corrected chi connectivity index (χ4v) is 3.56. The van der Waals surface area contributed by atoms with Gasteiger partial charge in [-0.05, 0) is 32.3 Å². The van der Waals surface area contributed by atoms with E-state index in [2.05, 4.69) is 35.5 Å². The molecule has 2 heterocycles. The number of hydrogen-bond donors (Lipinski definition) is 1. The Morgan fingerprint density at radius 2 is 2.19 bits per heavy atom. The van der Waals surface area contributed by atoms with Crippen molar-refractivity contribution in [2.24, 2.45) is 5.92 Å². The zero-order chi connectivity index (χ0) is 18.5. The average Bonchev–Trinajstić information content (AvgIpc) is 2.94. The monoisotopic (exact) mass is 356 g/mol. The topological polar surface area (TPSA) is 59.4 Å². The van der Waals surface area contributed by atoms with E-state index in [1.54, 1.807) is 7.11 Å². The highest BCUT2D eigenvalue weighted by molar-refractivity contribution is 5.88. The number of methoxy groups -OCH3 is 1. The van der Waals surface area contributed by atoms with Gasteiger partial charge in [-0.25, -0.2) is 9.48 Å². The molecular weight excluding hydrogens is 328 g/mol. The maximum Gasteiger partial charge on any atom is 0.323 e. The van der Waals surface area contributed by atoms with Crippen LogP contribution in [0.3, 0.4) is 0 Å². The zero-order valence-corrected chi connectivity index (χ0v) is 15.9. The van der Waals surface area contributed by atoms with E-state index in [0.717, 1.165) is 37.4 Å². The summed E-state index contributed by atoms with van der Waals surface area (Å²) < 4.78 is 7.11. The minimum atomic E-state index is -0.0591. The number of piperidine rings is 1. The number of nitrogens with one attached hydrogen (secondary N) is 1. The van der Waals surface area contributed by atoms with E-state index in [4.69, 9.17) is 4.74 Å². The number of likely N-dealkylation sites (tertiary alicyclic amines) is 1. The van der Waals surface area contributed by atoms with Gasteiger partial charge in [-0.2, -0.15) is 5.10 Å². The lowest BCUT2D eigenvalue weighted by Crippen LogP contribution is -2.43. The molecule has 26 heavy (non-hydrogen) atoms. The van der Waals surface area contributed by atoms with Crippen molar-refractivity contribution < 1.29 is 9.53 Å². The number of nitrogens with zero attached hydrogens (tertiary/aromatic N) is 3. The largest absolute Gasteiger partial charge is 0.384 e. The van der Waals surface area contributed by atoms with E-state index < -0.39 is 0 Å². The van der Waals surface area contributed by atoms with Crippen LogP contribution in [0.5, 0.6) is 0 Å². The Kier molecular flexibility index (Phi) is 5.93. The Morgan fingerprint density at radius 1 is 1.35 bits per heavy atom. The molecule has 0 saturated carbocycles. The highest BCUT2D eigenvalue weighted by atomic mass is 16.5. The third-order valence-corrected chi connectivity index (χ3v) is 4.76. The van der Waals surface area contributed by atoms with E-state index in [0.29, 0.717) is 19.1 Å². The molecule has 0 aliphatic carbocycles. The number of ether oxygens (including phenoxy) is 1. The first-order chi connectivity index (χ1) is 12.5. The maximum atomic E-state index is 12.7. The summed E-state index contributed by atoms with van der Waals surface area (Å²) in [6.45, 7) is 6.89. The van der Waals surface area contributed by atoms with Crippen molar-refractivity contribution >= 4 is 11.8 Å². The lowest BCUT2D eigenvalue weighted by Gasteiger charge is -2.32. The molecule has 1 N–H and O–H groups in total. The van der Waals surface area contributed by atoms with Crippen LogP contribution in [0.2, 0.25) is 0 Å². The number of carbonyl (C=O) groups is 1. The number of amides is 2. The van der Waals surface area contributed by atoms with Crippen LogP contribution in [-0.4, -0.2) is 47.5 Å². The van der Waals surface area contributed by atoms with Gasteiger partial charge in [0.25, 0.3) is 0 Å². The SMILES string of the molecule is COC[C@H]1CCCN(C(=O)Nc2cc(C)nn2Cc2cccc(C)c2)C1. The second-order valence-electron chi connectivity index (χ2n) is 7.16. The first-order valence-electron chi connectivity index (χ1n) is 9.20. The van der Waals surface area contributed by atoms with Crippen molar-refractivity contribution in [1.29, 1.82) is 0 Å². The predicted molar refractivity (Wildman–Crippen MR) is 102 cm³/mol. The summed E-state index contributed by atoms with van der Waals surface area (Å²) in [5.41, 5.74) is 3.28. The van der Waals surface area contributed by atoms with Gasteiger partial charge < -0.3 is 9.64 Å². The molecule has 2 amide bonds. The van der Waals surface area contributed by atoms with Crippen molar-refractivity contribution in [2.75, 3.05) is 32.1 Å². The predicted octanol–water partition coefficient (Wildman–Crippen LogP) is 3.44. The van der Waals surface area contributed by atoms with E-state index in [1.807, 2.05) is 28.6 Å². The van der Waals surface area contributed by atoms with Crippen LogP contribution in [0.1, 0.15) is 29.7 Å². The Bertz CT molecular complexity index is 754. The number of hydrogen-bond acceptors (Lipinski definition) is 3. The molecule has 0 unspecified atom stereocenters. The van der Waals surface area contributed by atoms with Gasteiger partial charge in [-0.3, -0.25) is 5.32 Å². The number of carbonyl (C=O) groups excluding carboxylic acids is 1. The number of benzene rings is 1. The molecule has 0 spiro atoms. The zero-order valence-electron chi connectivity index (χ0n) is 15.9. The summed E-state index contributed by atoms with van der Waals surface area (Å²) in [4.78, 5) is 14.6. The molecule has 6 heteroatoms. The molecule has 140 valence electrons. The summed E-state index contributed by atoms with van der Waals surface area (Å²) in [7, 11) is 1.71. The maximum absolute atomic E-state index is 12.7. The van der Waals surface area contributed by atoms with Gasteiger partial charge in [0.15, 0.2) is 0 Å². The smallest absolute Gasteiger partial charge is 0.323 e. The quantitative estimate of drug-likeness (QED) is 0.893. The number of rotatable bonds is 5. The molecule has 1 aliphatic heterocycles. The van der Waals surface area contributed by atoms with E-state index in [9.17, 15) is 4.79 Å². The normalized spacial score (nSPS) is 17.3. The van der Waals surface area contributed by atoms with Crippen molar-refractivity contribution in [3.63, 3.8) is 0 Å². The van der Waals surface area contributed by atoms with Gasteiger partial charge in [0.2, 0.25) is 0 Å². The summed E-state index contributed by atoms with van der Waals surface area (Å²) in [5, 5.41) is 7.59. The molecule has 1 saturated heterocycles. The third-order valence-electron chi connectivity index (χ3n) is 4.76. The fraction of sp³-hybridized carbons (Fsp3) is 0.500. The summed E-state index contributed by atoms with van der Waals surface area (Å²) >= 11 is 0. The molecule has 2 aromatic rings. The van der Waals surface area contributed by atoms with Gasteiger partial charge in [0, 0.05) is 32.2 Å². The van der Waals surface area contributed by atoms with E-state index in [1.165, 1.54) is 11.1 Å². The molecule has 0 bridgehead atoms. The molecule has 1 aromatic heterocycles. The Hall–Kier alpha value is -2.34. The second kappa shape index (κ2) is 8.36. The summed E-state index contributed by atoms with van der Waals surface area (Å²) in [5.74, 6) is 1.15. The molecule has 1 aliphatic rings. The van der Waals surface area contributed by atoms with E-state index >= 15 is 0 Å². The molecule has 1 atom stereocenters. The standard InChI is InChI=1S/C20H28N4O2/c1-15-6-4-7-17(10-15)13-24-19(11-16(2)22-24)21-20(25)23-9-5-8-18(12-23)14-26-3/h4,6-7,10-11,18H,5,8-9,12-14H2,1-3H3,(H,21,25)/t18-/m0/s1. The van der Waals surface area contributed by atoms with Gasteiger partial charge >= 0.3 is 6.03 Å². The minimum Gasteiger partial charge on any atom is -0.384 e. The van der Waals surface area contributed by atoms with Crippen LogP contribution < -0.4 is 5.32 Å². The Labute approximate surface area is 155 Å². The van der Waals surface area contributed by atoms with Crippen LogP contribution in [0.25, 0.3) is 0 Å². The lowest BCUT2D eigenvalue weighted by molar-refractivity contribution is 0.104. The van der Waals surface area contributed by atoms with Crippen molar-refractivity contribution in [2.45, 2.75) is 33.2 Å². The van der Waals surface area contributed by atoms with Crippen LogP contribution in [0, 0.1) is 19.8 Å². The minimum absolute atomic E-state index is 0.0591. The van der Waals surface area contributed by atoms with Crippen LogP contribution in [0.15, 0.2) is 30.3 Å². The number of urea groups is 1. The molecule has 3 rings (SSSR count). The first-order valence-corrected chi connectivity index (χ1v) is 9.20. The summed E-state index contributed by atoms with van der Waals surface area (Å²) in [6.07, 6.45) is 2.13. The molecule has 1 aromatic carbocycles. The number of aryl methyl sites for hydroxylation is 2. The number of aromatic nitrogens is 2. The Balaban J connectivity index is 1.68. The van der Waals surface area contributed by atoms with Gasteiger partial charge in [-0.1, -0.05) is 29.8 Å². The number of anilines is 1. The van der Waals surface area contributed by atoms with Crippen LogP contribution in [-0.2, 0) is 11.3 Å². The highest BCUT2D eigenvalue weighted by Gasteiger charge is 2.24. The second-order valence-corrected chi connectivity index (χ2v) is 7.16. The summed E-state index contributed by atoms with van der Waals surface area (Å²) in [6, 6.07) is 10.2. The van der Waals surface area contributed by atoms with E-state index in [-0.39, 0.29) is 6.03 Å². The van der Waals surface area contributed by atoms with Crippen molar-refractivity contribution in [3.05, 3.63) is 47.2 Å². The lowest BCUT2D eigenvalue weighted by atomic mass is 9.99. The van der Waals surface area contributed by atoms with Crippen LogP contribution >= 0.6 is 0 Å². The van der Waals surface area contributed by atoms with Gasteiger partial charge in [-0.15, -0.1) is 0 Å². The molecule has 0 radical (unpaired) electrons. The van der Waals surface area contributed by atoms with Gasteiger partial charge in [0.05, 0.1) is 18.8 Å². The molecule has 6 nitrogen and oxygen atoms in total. The fourth-order valence-electron chi connectivity index (χ4n) is 3.56. The highest BCUT2D eigenvalue weighted by Crippen LogP contribution is 2.19. The third kappa shape index (κ3) is 4.64. The first kappa shape index (κ1) is 18.5. The van der Waals surface area contributed by atoms with Crippen LogP contribution in [0.4, 0.5) is 10.6 Å². The molecular formula is C20H28N4O2. The van der Waals surface area contributed by atoms with Crippen molar-refractivity contribution in [3.8, 4) is 0 Å². The molecule has 1 fully saturated rings. The van der Waals surface area contributed by atoms with Crippen molar-refractivity contribution in [1.82, 2.24) is 14.7 Å². The Morgan fingerprint density at radius 3 is 2.96 bits per heavy atom. The van der Waals surface area contributed by atoms with Gasteiger partial charge in [0.1, 0.15) is 5.82 Å².